The topological polar surface area (TPSA) is 76.0 Å². The van der Waals surface area contributed by atoms with Crippen molar-refractivity contribution in [3.63, 3.8) is 0 Å². The molecule has 1 rings (SSSR count). The number of halogens is 1. The van der Waals surface area contributed by atoms with Crippen LogP contribution in [0.3, 0.4) is 0 Å². The van der Waals surface area contributed by atoms with E-state index in [1.165, 1.54) is 0 Å². The molecular weight excluding hydrogens is 356 g/mol. The van der Waals surface area contributed by atoms with Crippen molar-refractivity contribution in [2.45, 2.75) is 40.0 Å². The molecule has 0 radical (unpaired) electrons. The van der Waals surface area contributed by atoms with Crippen molar-refractivity contribution in [1.82, 2.24) is 0 Å². The molecule has 0 spiro atoms. The molecule has 0 fully saturated rings. The molecule has 6 heteroatoms. The van der Waals surface area contributed by atoms with Crippen LogP contribution in [0.25, 0.3) is 0 Å². The summed E-state index contributed by atoms with van der Waals surface area (Å²) in [6, 6.07) is 0. The van der Waals surface area contributed by atoms with E-state index in [-0.39, 0.29) is 34.4 Å². The summed E-state index contributed by atoms with van der Waals surface area (Å²) in [6.45, 7) is 6.38. The Labute approximate surface area is 159 Å². The first-order valence-corrected chi connectivity index (χ1v) is 8.77. The molecule has 0 heterocycles. The zero-order chi connectivity index (χ0) is 19.7. The first kappa shape index (κ1) is 22.2. The number of hydrogen-bond acceptors (Lipinski definition) is 5. The van der Waals surface area contributed by atoms with Crippen molar-refractivity contribution in [3.8, 4) is 11.5 Å². The number of phenolic OH excluding ortho intramolecular Hbond substituents is 2. The van der Waals surface area contributed by atoms with E-state index in [0.29, 0.717) is 24.9 Å². The van der Waals surface area contributed by atoms with Crippen LogP contribution in [0.4, 0.5) is 0 Å². The van der Waals surface area contributed by atoms with E-state index in [2.05, 4.69) is 6.08 Å². The molecule has 0 unspecified atom stereocenters. The standard InChI is InChI=1S/C20H27ClO5/c1-13(6-5-7-14(2)11-26-12-25-4)8-9-16-19(23)17(10-22)15(3)18(21)20(16)24/h7-8,10,23-24H,5-6,9,11-12H2,1-4H3. The zero-order valence-corrected chi connectivity index (χ0v) is 16.5. The maximum Gasteiger partial charge on any atom is 0.154 e. The number of ether oxygens (including phenoxy) is 2. The second-order valence-corrected chi connectivity index (χ2v) is 6.62. The Kier molecular flexibility index (Phi) is 9.41. The monoisotopic (exact) mass is 382 g/mol. The van der Waals surface area contributed by atoms with Crippen LogP contribution in [-0.2, 0) is 15.9 Å². The molecule has 0 saturated carbocycles. The second-order valence-electron chi connectivity index (χ2n) is 6.25. The quantitative estimate of drug-likeness (QED) is 0.265. The predicted molar refractivity (Wildman–Crippen MR) is 103 cm³/mol. The Morgan fingerprint density at radius 1 is 1.15 bits per heavy atom. The molecule has 2 N–H and O–H groups in total. The lowest BCUT2D eigenvalue weighted by Crippen LogP contribution is -1.99. The van der Waals surface area contributed by atoms with Crippen molar-refractivity contribution < 1.29 is 24.5 Å². The molecule has 0 aliphatic rings. The van der Waals surface area contributed by atoms with E-state index in [4.69, 9.17) is 21.1 Å². The van der Waals surface area contributed by atoms with Gasteiger partial charge in [0.1, 0.15) is 18.3 Å². The van der Waals surface area contributed by atoms with E-state index >= 15 is 0 Å². The number of hydrogen-bond donors (Lipinski definition) is 2. The van der Waals surface area contributed by atoms with Gasteiger partial charge in [-0.2, -0.15) is 0 Å². The Morgan fingerprint density at radius 3 is 2.46 bits per heavy atom. The molecule has 0 aromatic heterocycles. The Morgan fingerprint density at radius 2 is 1.85 bits per heavy atom. The number of phenols is 2. The number of carbonyl (C=O) groups is 1. The fraction of sp³-hybridized carbons (Fsp3) is 0.450. The van der Waals surface area contributed by atoms with Gasteiger partial charge in [0.2, 0.25) is 0 Å². The molecule has 1 aromatic rings. The normalized spacial score (nSPS) is 12.5. The highest BCUT2D eigenvalue weighted by Crippen LogP contribution is 2.40. The molecule has 0 amide bonds. The highest BCUT2D eigenvalue weighted by atomic mass is 35.5. The van der Waals surface area contributed by atoms with Gasteiger partial charge >= 0.3 is 0 Å². The van der Waals surface area contributed by atoms with Crippen molar-refractivity contribution in [1.29, 1.82) is 0 Å². The fourth-order valence-corrected chi connectivity index (χ4v) is 2.70. The van der Waals surface area contributed by atoms with Gasteiger partial charge in [-0.15, -0.1) is 0 Å². The number of carbonyl (C=O) groups excluding carboxylic acids is 1. The molecule has 26 heavy (non-hydrogen) atoms. The van der Waals surface area contributed by atoms with Crippen LogP contribution in [0.2, 0.25) is 5.02 Å². The molecule has 0 saturated heterocycles. The van der Waals surface area contributed by atoms with Gasteiger partial charge in [-0.25, -0.2) is 0 Å². The first-order valence-electron chi connectivity index (χ1n) is 8.39. The van der Waals surface area contributed by atoms with Gasteiger partial charge in [0.25, 0.3) is 0 Å². The van der Waals surface area contributed by atoms with Crippen LogP contribution in [0.15, 0.2) is 23.3 Å². The number of methoxy groups -OCH3 is 1. The summed E-state index contributed by atoms with van der Waals surface area (Å²) in [5.74, 6) is -0.392. The Hall–Kier alpha value is -1.82. The molecule has 5 nitrogen and oxygen atoms in total. The third-order valence-corrected chi connectivity index (χ3v) is 4.57. The largest absolute Gasteiger partial charge is 0.507 e. The van der Waals surface area contributed by atoms with Gasteiger partial charge in [-0.05, 0) is 45.6 Å². The summed E-state index contributed by atoms with van der Waals surface area (Å²) in [4.78, 5) is 11.2. The van der Waals surface area contributed by atoms with Gasteiger partial charge in [0, 0.05) is 12.7 Å². The summed E-state index contributed by atoms with van der Waals surface area (Å²) in [5, 5.41) is 20.5. The molecule has 0 aliphatic carbocycles. The van der Waals surface area contributed by atoms with Crippen molar-refractivity contribution >= 4 is 17.9 Å². The average molecular weight is 383 g/mol. The van der Waals surface area contributed by atoms with Crippen LogP contribution in [0, 0.1) is 6.92 Å². The molecule has 0 aliphatic heterocycles. The maximum atomic E-state index is 11.2. The number of rotatable bonds is 10. The summed E-state index contributed by atoms with van der Waals surface area (Å²) < 4.78 is 10.1. The van der Waals surface area contributed by atoms with E-state index in [0.717, 1.165) is 24.0 Å². The molecule has 0 atom stereocenters. The Bertz CT molecular complexity index is 692. The third-order valence-electron chi connectivity index (χ3n) is 4.10. The molecule has 1 aromatic carbocycles. The number of allylic oxidation sites excluding steroid dienone is 3. The maximum absolute atomic E-state index is 11.2. The van der Waals surface area contributed by atoms with E-state index in [1.54, 1.807) is 14.0 Å². The molecule has 144 valence electrons. The van der Waals surface area contributed by atoms with E-state index in [1.807, 2.05) is 19.9 Å². The van der Waals surface area contributed by atoms with E-state index in [9.17, 15) is 15.0 Å². The first-order chi connectivity index (χ1) is 12.3. The average Bonchev–Trinajstić information content (AvgIpc) is 2.60. The van der Waals surface area contributed by atoms with Gasteiger partial charge < -0.3 is 19.7 Å². The van der Waals surface area contributed by atoms with Crippen LogP contribution < -0.4 is 0 Å². The minimum atomic E-state index is -0.213. The zero-order valence-electron chi connectivity index (χ0n) is 15.8. The summed E-state index contributed by atoms with van der Waals surface area (Å²) in [7, 11) is 1.59. The number of aromatic hydroxyl groups is 2. The lowest BCUT2D eigenvalue weighted by Gasteiger charge is -2.13. The summed E-state index contributed by atoms with van der Waals surface area (Å²) in [6.07, 6.45) is 6.56. The summed E-state index contributed by atoms with van der Waals surface area (Å²) in [5.41, 5.74) is 2.99. The lowest BCUT2D eigenvalue weighted by molar-refractivity contribution is -0.0211. The van der Waals surface area contributed by atoms with Crippen LogP contribution in [0.1, 0.15) is 48.2 Å². The van der Waals surface area contributed by atoms with E-state index < -0.39 is 0 Å². The lowest BCUT2D eigenvalue weighted by atomic mass is 9.99. The summed E-state index contributed by atoms with van der Waals surface area (Å²) >= 11 is 6.06. The van der Waals surface area contributed by atoms with Crippen molar-refractivity contribution in [2.24, 2.45) is 0 Å². The van der Waals surface area contributed by atoms with Gasteiger partial charge in [0.15, 0.2) is 6.29 Å². The SMILES string of the molecule is COCOCC(C)=CCCC(C)=CCc1c(O)c(Cl)c(C)c(C=O)c1O. The minimum absolute atomic E-state index is 0.0978. The van der Waals surface area contributed by atoms with Crippen LogP contribution in [-0.4, -0.2) is 37.0 Å². The van der Waals surface area contributed by atoms with Crippen molar-refractivity contribution in [2.75, 3.05) is 20.5 Å². The molecular formula is C20H27ClO5. The highest BCUT2D eigenvalue weighted by molar-refractivity contribution is 6.33. The van der Waals surface area contributed by atoms with Crippen molar-refractivity contribution in [3.05, 3.63) is 45.0 Å². The number of aldehydes is 1. The number of benzene rings is 1. The smallest absolute Gasteiger partial charge is 0.154 e. The fourth-order valence-electron chi connectivity index (χ4n) is 2.49. The molecule has 0 bridgehead atoms. The second kappa shape index (κ2) is 11.0. The predicted octanol–water partition coefficient (Wildman–Crippen LogP) is 4.71. The minimum Gasteiger partial charge on any atom is -0.507 e. The Balaban J connectivity index is 2.74. The van der Waals surface area contributed by atoms with Crippen LogP contribution >= 0.6 is 11.6 Å². The van der Waals surface area contributed by atoms with Crippen LogP contribution in [0.5, 0.6) is 11.5 Å². The van der Waals surface area contributed by atoms with Gasteiger partial charge in [0.05, 0.1) is 17.2 Å². The van der Waals surface area contributed by atoms with Gasteiger partial charge in [-0.3, -0.25) is 4.79 Å². The van der Waals surface area contributed by atoms with Gasteiger partial charge in [-0.1, -0.05) is 34.9 Å². The third kappa shape index (κ3) is 6.16. The highest BCUT2D eigenvalue weighted by Gasteiger charge is 2.19.